The maximum Gasteiger partial charge on any atom is 0.453 e. The third-order valence-corrected chi connectivity index (χ3v) is 3.09. The van der Waals surface area contributed by atoms with Crippen LogP contribution in [0.15, 0.2) is 12.7 Å². The summed E-state index contributed by atoms with van der Waals surface area (Å²) < 4.78 is 226. The van der Waals surface area contributed by atoms with Crippen molar-refractivity contribution in [2.45, 2.75) is 43.0 Å². The first-order valence-electron chi connectivity index (χ1n) is 7.03. The van der Waals surface area contributed by atoms with Crippen LogP contribution < -0.4 is 0 Å². The van der Waals surface area contributed by atoms with Crippen LogP contribution in [-0.4, -0.2) is 56.2 Å². The molecule has 0 aliphatic carbocycles. The number of halogens is 17. The Morgan fingerprint density at radius 3 is 1.19 bits per heavy atom. The van der Waals surface area contributed by atoms with E-state index in [1.54, 1.807) is 0 Å². The van der Waals surface area contributed by atoms with Crippen molar-refractivity contribution >= 4 is 0 Å². The quantitative estimate of drug-likeness (QED) is 0.193. The van der Waals surface area contributed by atoms with Gasteiger partial charge in [-0.3, -0.25) is 0 Å². The third kappa shape index (κ3) is 5.67. The zero-order valence-electron chi connectivity index (χ0n) is 14.3. The zero-order chi connectivity index (χ0) is 26.2. The molecule has 0 aliphatic heterocycles. The average Bonchev–Trinajstić information content (AvgIpc) is 2.38. The van der Waals surface area contributed by atoms with Gasteiger partial charge in [0.25, 0.3) is 0 Å². The molecule has 3 nitrogen and oxygen atoms in total. The lowest BCUT2D eigenvalue weighted by molar-refractivity contribution is -0.571. The summed E-state index contributed by atoms with van der Waals surface area (Å²) in [5, 5.41) is 0. The summed E-state index contributed by atoms with van der Waals surface area (Å²) in [7, 11) is 0. The molecule has 0 radical (unpaired) electrons. The van der Waals surface area contributed by atoms with Gasteiger partial charge in [0.1, 0.15) is 6.61 Å². The second-order valence-corrected chi connectivity index (χ2v) is 5.44. The second-order valence-electron chi connectivity index (χ2n) is 5.44. The van der Waals surface area contributed by atoms with E-state index in [9.17, 15) is 74.6 Å². The first-order chi connectivity index (χ1) is 13.7. The zero-order valence-corrected chi connectivity index (χ0v) is 14.3. The molecule has 32 heavy (non-hydrogen) atoms. The monoisotopic (exact) mass is 522 g/mol. The van der Waals surface area contributed by atoms with Gasteiger partial charge in [0.05, 0.1) is 6.61 Å². The van der Waals surface area contributed by atoms with Gasteiger partial charge in [-0.2, -0.15) is 74.6 Å². The highest BCUT2D eigenvalue weighted by Gasteiger charge is 2.95. The van der Waals surface area contributed by atoms with Crippen molar-refractivity contribution in [3.8, 4) is 0 Å². The fourth-order valence-corrected chi connectivity index (χ4v) is 1.81. The Morgan fingerprint density at radius 2 is 0.875 bits per heavy atom. The number of hydrogen-bond donors (Lipinski definition) is 0. The molecule has 0 spiro atoms. The molecule has 0 N–H and O–H groups in total. The smallest absolute Gasteiger partial charge is 0.368 e. The molecule has 0 aromatic carbocycles. The Kier molecular flexibility index (Phi) is 8.23. The van der Waals surface area contributed by atoms with Crippen LogP contribution in [0.5, 0.6) is 0 Å². The van der Waals surface area contributed by atoms with Crippen LogP contribution in [0.25, 0.3) is 0 Å². The lowest BCUT2D eigenvalue weighted by Crippen LogP contribution is -2.71. The fraction of sp³-hybridized carbons (Fsp3) is 0.833. The first kappa shape index (κ1) is 30.4. The van der Waals surface area contributed by atoms with E-state index < -0.39 is 61.6 Å². The van der Waals surface area contributed by atoms with Gasteiger partial charge >= 0.3 is 48.4 Å². The van der Waals surface area contributed by atoms with Crippen molar-refractivity contribution in [1.29, 1.82) is 0 Å². The number of alkyl halides is 17. The lowest BCUT2D eigenvalue weighted by atomic mass is 9.83. The van der Waals surface area contributed by atoms with Gasteiger partial charge in [0.15, 0.2) is 0 Å². The molecule has 0 aromatic heterocycles. The Balaban J connectivity index is 6.40. The lowest BCUT2D eigenvalue weighted by Gasteiger charge is -2.43. The highest BCUT2D eigenvalue weighted by atomic mass is 19.4. The molecule has 0 aromatic rings. The minimum Gasteiger partial charge on any atom is -0.368 e. The third-order valence-electron chi connectivity index (χ3n) is 3.09. The Labute approximate surface area is 164 Å². The topological polar surface area (TPSA) is 27.7 Å². The number of ether oxygens (including phenoxy) is 3. The molecule has 0 saturated carbocycles. The van der Waals surface area contributed by atoms with Crippen molar-refractivity contribution < 1.29 is 88.8 Å². The van der Waals surface area contributed by atoms with Gasteiger partial charge in [-0.15, -0.1) is 6.58 Å². The van der Waals surface area contributed by atoms with E-state index in [1.807, 2.05) is 0 Å². The normalized spacial score (nSPS) is 15.8. The number of rotatable bonds is 10. The Hall–Kier alpha value is -1.57. The predicted octanol–water partition coefficient (Wildman–Crippen LogP) is 6.27. The molecule has 0 saturated heterocycles. The van der Waals surface area contributed by atoms with Crippen LogP contribution in [0.3, 0.4) is 0 Å². The van der Waals surface area contributed by atoms with Gasteiger partial charge in [-0.1, -0.05) is 6.08 Å². The molecule has 192 valence electrons. The van der Waals surface area contributed by atoms with E-state index in [2.05, 4.69) is 16.1 Å². The van der Waals surface area contributed by atoms with Gasteiger partial charge < -0.3 is 4.74 Å². The van der Waals surface area contributed by atoms with E-state index in [0.717, 1.165) is 0 Å². The summed E-state index contributed by atoms with van der Waals surface area (Å²) in [6, 6.07) is 0. The maximum atomic E-state index is 13.5. The standard InChI is InChI=1S/C12H7F17O3/c1-2-3-30-4-5(13,14)31-11(26,27)12(28,29)32-10(24,25)6(7(15,16)17,8(18,19)20)9(21,22)23/h2H,1,3-4H2. The summed E-state index contributed by atoms with van der Waals surface area (Å²) in [5.41, 5.74) is -8.49. The largest absolute Gasteiger partial charge is 0.453 e. The molecule has 0 fully saturated rings. The molecule has 0 rings (SSSR count). The van der Waals surface area contributed by atoms with E-state index in [4.69, 9.17) is 0 Å². The fourth-order valence-electron chi connectivity index (χ4n) is 1.81. The van der Waals surface area contributed by atoms with Crippen LogP contribution >= 0.6 is 0 Å². The SMILES string of the molecule is C=CCOCC(F)(F)OC(F)(F)C(F)(F)OC(F)(F)C(C(F)(F)F)(C(F)(F)F)C(F)(F)F. The molecule has 0 bridgehead atoms. The molecule has 0 amide bonds. The summed E-state index contributed by atoms with van der Waals surface area (Å²) in [6.07, 6.45) is -52.8. The van der Waals surface area contributed by atoms with Gasteiger partial charge in [-0.25, -0.2) is 9.47 Å². The minimum atomic E-state index is -8.49. The van der Waals surface area contributed by atoms with Crippen LogP contribution in [0.4, 0.5) is 74.6 Å². The molecule has 0 atom stereocenters. The van der Waals surface area contributed by atoms with E-state index >= 15 is 0 Å². The Bertz CT molecular complexity index is 609. The van der Waals surface area contributed by atoms with Crippen molar-refractivity contribution in [1.82, 2.24) is 0 Å². The van der Waals surface area contributed by atoms with Crippen LogP contribution in [0.2, 0.25) is 0 Å². The van der Waals surface area contributed by atoms with Crippen LogP contribution in [-0.2, 0) is 14.2 Å². The van der Waals surface area contributed by atoms with E-state index in [1.165, 1.54) is 4.74 Å². The maximum absolute atomic E-state index is 13.5. The molecule has 20 heteroatoms. The average molecular weight is 522 g/mol. The summed E-state index contributed by atoms with van der Waals surface area (Å²) in [6.45, 7) is -0.406. The van der Waals surface area contributed by atoms with Crippen molar-refractivity contribution in [3.63, 3.8) is 0 Å². The first-order valence-corrected chi connectivity index (χ1v) is 7.03. The van der Waals surface area contributed by atoms with Gasteiger partial charge in [0, 0.05) is 0 Å². The predicted molar refractivity (Wildman–Crippen MR) is 63.6 cm³/mol. The van der Waals surface area contributed by atoms with E-state index in [-0.39, 0.29) is 0 Å². The molecule has 0 heterocycles. The Morgan fingerprint density at radius 1 is 0.531 bits per heavy atom. The molecular formula is C12H7F17O3. The molecule has 0 unspecified atom stereocenters. The van der Waals surface area contributed by atoms with Gasteiger partial charge in [0.2, 0.25) is 0 Å². The molecular weight excluding hydrogens is 515 g/mol. The highest BCUT2D eigenvalue weighted by molar-refractivity contribution is 5.05. The van der Waals surface area contributed by atoms with Crippen molar-refractivity contribution in [3.05, 3.63) is 12.7 Å². The van der Waals surface area contributed by atoms with E-state index in [0.29, 0.717) is 6.08 Å². The number of hydrogen-bond acceptors (Lipinski definition) is 3. The van der Waals surface area contributed by atoms with Gasteiger partial charge in [-0.05, 0) is 0 Å². The van der Waals surface area contributed by atoms with Crippen molar-refractivity contribution in [2.75, 3.05) is 13.2 Å². The summed E-state index contributed by atoms with van der Waals surface area (Å²) in [5.74, 6) is 0. The summed E-state index contributed by atoms with van der Waals surface area (Å²) >= 11 is 0. The summed E-state index contributed by atoms with van der Waals surface area (Å²) in [4.78, 5) is 0. The van der Waals surface area contributed by atoms with Crippen LogP contribution in [0.1, 0.15) is 0 Å². The highest BCUT2D eigenvalue weighted by Crippen LogP contribution is 2.67. The van der Waals surface area contributed by atoms with Crippen LogP contribution in [0, 0.1) is 5.41 Å². The second kappa shape index (κ2) is 8.65. The molecule has 0 aliphatic rings. The minimum absolute atomic E-state index is 0.678. The van der Waals surface area contributed by atoms with Crippen molar-refractivity contribution in [2.24, 2.45) is 5.41 Å².